The van der Waals surface area contributed by atoms with Crippen LogP contribution < -0.4 is 0 Å². The van der Waals surface area contributed by atoms with E-state index in [9.17, 15) is 4.79 Å². The number of carbonyl (C=O) groups is 1. The summed E-state index contributed by atoms with van der Waals surface area (Å²) in [7, 11) is 0. The third kappa shape index (κ3) is 8.67. The topological polar surface area (TPSA) is 26.3 Å². The molecule has 0 aromatic rings. The minimum atomic E-state index is 0.0198. The number of halogens is 1. The summed E-state index contributed by atoms with van der Waals surface area (Å²) in [6, 6.07) is 0. The molecule has 1 aliphatic rings. The number of esters is 1. The first kappa shape index (κ1) is 17.0. The molecule has 19 heavy (non-hydrogen) atoms. The van der Waals surface area contributed by atoms with E-state index >= 15 is 0 Å². The first-order valence-corrected chi connectivity index (χ1v) is 9.15. The summed E-state index contributed by atoms with van der Waals surface area (Å²) >= 11 is 3.39. The summed E-state index contributed by atoms with van der Waals surface area (Å²) < 4.78 is 5.67. The standard InChI is InChI=1S/C16H29BrO2/c1-2-3-4-5-6-9-15(14-11-12-14)19-16(18)10-7-8-13-17/h14-15H,2-13H2,1H3. The predicted molar refractivity (Wildman–Crippen MR) is 83.6 cm³/mol. The van der Waals surface area contributed by atoms with Crippen LogP contribution in [-0.4, -0.2) is 17.4 Å². The highest BCUT2D eigenvalue weighted by Crippen LogP contribution is 2.37. The van der Waals surface area contributed by atoms with E-state index < -0.39 is 0 Å². The molecule has 1 atom stereocenters. The van der Waals surface area contributed by atoms with Crippen LogP contribution in [0.3, 0.4) is 0 Å². The van der Waals surface area contributed by atoms with E-state index in [1.54, 1.807) is 0 Å². The van der Waals surface area contributed by atoms with Gasteiger partial charge in [-0.1, -0.05) is 48.5 Å². The Kier molecular flexibility index (Phi) is 9.58. The van der Waals surface area contributed by atoms with Gasteiger partial charge in [-0.2, -0.15) is 0 Å². The lowest BCUT2D eigenvalue weighted by molar-refractivity contribution is -0.150. The number of rotatable bonds is 12. The molecule has 1 rings (SSSR count). The van der Waals surface area contributed by atoms with Crippen molar-refractivity contribution in [3.8, 4) is 0 Å². The van der Waals surface area contributed by atoms with Crippen LogP contribution >= 0.6 is 15.9 Å². The monoisotopic (exact) mass is 332 g/mol. The molecule has 1 aliphatic carbocycles. The highest BCUT2D eigenvalue weighted by Gasteiger charge is 2.33. The van der Waals surface area contributed by atoms with Gasteiger partial charge in [-0.05, 0) is 44.4 Å². The van der Waals surface area contributed by atoms with Crippen molar-refractivity contribution in [1.29, 1.82) is 0 Å². The van der Waals surface area contributed by atoms with Gasteiger partial charge < -0.3 is 4.74 Å². The molecule has 1 unspecified atom stereocenters. The molecule has 0 saturated heterocycles. The summed E-state index contributed by atoms with van der Waals surface area (Å²) in [5, 5.41) is 0.976. The Labute approximate surface area is 126 Å². The van der Waals surface area contributed by atoms with Gasteiger partial charge >= 0.3 is 5.97 Å². The van der Waals surface area contributed by atoms with Gasteiger partial charge in [0.1, 0.15) is 6.10 Å². The third-order valence-electron chi connectivity index (χ3n) is 3.79. The Balaban J connectivity index is 2.12. The molecule has 0 bridgehead atoms. The molecular weight excluding hydrogens is 304 g/mol. The van der Waals surface area contributed by atoms with Gasteiger partial charge in [0.05, 0.1) is 0 Å². The lowest BCUT2D eigenvalue weighted by Crippen LogP contribution is -2.20. The molecule has 2 nitrogen and oxygen atoms in total. The maximum atomic E-state index is 11.8. The van der Waals surface area contributed by atoms with E-state index in [-0.39, 0.29) is 12.1 Å². The lowest BCUT2D eigenvalue weighted by Gasteiger charge is -2.17. The maximum Gasteiger partial charge on any atom is 0.306 e. The molecule has 0 aromatic carbocycles. The lowest BCUT2D eigenvalue weighted by atomic mass is 10.1. The van der Waals surface area contributed by atoms with Gasteiger partial charge in [0.2, 0.25) is 0 Å². The summed E-state index contributed by atoms with van der Waals surface area (Å²) in [5.41, 5.74) is 0. The number of alkyl halides is 1. The SMILES string of the molecule is CCCCCCCC(OC(=O)CCCCBr)C1CC1. The molecule has 3 heteroatoms. The van der Waals surface area contributed by atoms with E-state index in [1.165, 1.54) is 44.9 Å². The van der Waals surface area contributed by atoms with Crippen LogP contribution in [0.5, 0.6) is 0 Å². The van der Waals surface area contributed by atoms with Crippen LogP contribution in [0, 0.1) is 5.92 Å². The van der Waals surface area contributed by atoms with Crippen LogP contribution in [0.15, 0.2) is 0 Å². The number of hydrogen-bond acceptors (Lipinski definition) is 2. The Morgan fingerprint density at radius 1 is 1.16 bits per heavy atom. The smallest absolute Gasteiger partial charge is 0.306 e. The van der Waals surface area contributed by atoms with E-state index in [4.69, 9.17) is 4.74 Å². The highest BCUT2D eigenvalue weighted by molar-refractivity contribution is 9.09. The zero-order valence-electron chi connectivity index (χ0n) is 12.3. The summed E-state index contributed by atoms with van der Waals surface area (Å²) in [6.45, 7) is 2.24. The van der Waals surface area contributed by atoms with Gasteiger partial charge in [-0.15, -0.1) is 0 Å². The van der Waals surface area contributed by atoms with Gasteiger partial charge in [-0.25, -0.2) is 0 Å². The fourth-order valence-corrected chi connectivity index (χ4v) is 2.80. The molecule has 0 amide bonds. The molecule has 0 heterocycles. The Bertz CT molecular complexity index is 239. The Hall–Kier alpha value is -0.0500. The maximum absolute atomic E-state index is 11.8. The van der Waals surface area contributed by atoms with Crippen LogP contribution in [-0.2, 0) is 9.53 Å². The van der Waals surface area contributed by atoms with Crippen molar-refractivity contribution in [2.45, 2.75) is 83.7 Å². The molecule has 0 spiro atoms. The van der Waals surface area contributed by atoms with Gasteiger partial charge in [-0.3, -0.25) is 4.79 Å². The zero-order valence-corrected chi connectivity index (χ0v) is 13.9. The van der Waals surface area contributed by atoms with Crippen LogP contribution in [0.25, 0.3) is 0 Å². The molecular formula is C16H29BrO2. The van der Waals surface area contributed by atoms with Crippen LogP contribution in [0.2, 0.25) is 0 Å². The minimum absolute atomic E-state index is 0.0198. The average Bonchev–Trinajstić information content (AvgIpc) is 3.22. The number of carbonyl (C=O) groups excluding carboxylic acids is 1. The van der Waals surface area contributed by atoms with Crippen molar-refractivity contribution in [3.05, 3.63) is 0 Å². The number of hydrogen-bond donors (Lipinski definition) is 0. The summed E-state index contributed by atoms with van der Waals surface area (Å²) in [6.07, 6.45) is 12.9. The Morgan fingerprint density at radius 3 is 2.53 bits per heavy atom. The van der Waals surface area contributed by atoms with Crippen LogP contribution in [0.1, 0.15) is 77.6 Å². The van der Waals surface area contributed by atoms with Gasteiger partial charge in [0.15, 0.2) is 0 Å². The molecule has 0 aliphatic heterocycles. The first-order valence-electron chi connectivity index (χ1n) is 8.03. The quantitative estimate of drug-likeness (QED) is 0.277. The zero-order chi connectivity index (χ0) is 13.9. The molecule has 0 aromatic heterocycles. The van der Waals surface area contributed by atoms with Crippen molar-refractivity contribution >= 4 is 21.9 Å². The normalized spacial score (nSPS) is 16.3. The minimum Gasteiger partial charge on any atom is -0.462 e. The van der Waals surface area contributed by atoms with E-state index in [2.05, 4.69) is 22.9 Å². The fourth-order valence-electron chi connectivity index (χ4n) is 2.40. The van der Waals surface area contributed by atoms with E-state index in [1.807, 2.05) is 0 Å². The van der Waals surface area contributed by atoms with Crippen molar-refractivity contribution in [1.82, 2.24) is 0 Å². The number of unbranched alkanes of at least 4 members (excludes halogenated alkanes) is 5. The van der Waals surface area contributed by atoms with Crippen molar-refractivity contribution in [3.63, 3.8) is 0 Å². The van der Waals surface area contributed by atoms with Gasteiger partial charge in [0, 0.05) is 11.8 Å². The van der Waals surface area contributed by atoms with Crippen molar-refractivity contribution in [2.24, 2.45) is 5.92 Å². The van der Waals surface area contributed by atoms with Gasteiger partial charge in [0.25, 0.3) is 0 Å². The first-order chi connectivity index (χ1) is 9.27. The summed E-state index contributed by atoms with van der Waals surface area (Å²) in [5.74, 6) is 0.692. The second-order valence-electron chi connectivity index (χ2n) is 5.71. The molecule has 112 valence electrons. The number of ether oxygens (including phenoxy) is 1. The predicted octanol–water partition coefficient (Wildman–Crippen LogP) is 5.23. The highest BCUT2D eigenvalue weighted by atomic mass is 79.9. The molecule has 0 radical (unpaired) electrons. The fraction of sp³-hybridized carbons (Fsp3) is 0.938. The largest absolute Gasteiger partial charge is 0.462 e. The second-order valence-corrected chi connectivity index (χ2v) is 6.51. The third-order valence-corrected chi connectivity index (χ3v) is 4.35. The second kappa shape index (κ2) is 10.7. The molecule has 1 fully saturated rings. The van der Waals surface area contributed by atoms with Crippen LogP contribution in [0.4, 0.5) is 0 Å². The van der Waals surface area contributed by atoms with Crippen molar-refractivity contribution < 1.29 is 9.53 Å². The molecule has 1 saturated carbocycles. The van der Waals surface area contributed by atoms with Crippen molar-refractivity contribution in [2.75, 3.05) is 5.33 Å². The average molecular weight is 333 g/mol. The molecule has 0 N–H and O–H groups in total. The van der Waals surface area contributed by atoms with E-state index in [0.717, 1.165) is 24.6 Å². The summed E-state index contributed by atoms with van der Waals surface area (Å²) in [4.78, 5) is 11.8. The Morgan fingerprint density at radius 2 is 1.89 bits per heavy atom. The van der Waals surface area contributed by atoms with E-state index in [0.29, 0.717) is 12.3 Å².